The van der Waals surface area contributed by atoms with E-state index in [2.05, 4.69) is 26.6 Å². The van der Waals surface area contributed by atoms with E-state index >= 15 is 0 Å². The van der Waals surface area contributed by atoms with E-state index in [-0.39, 0.29) is 0 Å². The van der Waals surface area contributed by atoms with Crippen molar-refractivity contribution in [2.45, 2.75) is 77.9 Å². The normalized spacial score (nSPS) is 11.7. The van der Waals surface area contributed by atoms with Crippen molar-refractivity contribution < 1.29 is 4.79 Å². The molecule has 1 nitrogen and oxygen atoms in total. The second kappa shape index (κ2) is 8.09. The average molecular weight is 228 g/mol. The van der Waals surface area contributed by atoms with Crippen LogP contribution in [0.3, 0.4) is 0 Å². The zero-order valence-corrected chi connectivity index (χ0v) is 12.1. The van der Waals surface area contributed by atoms with E-state index in [1.807, 2.05) is 0 Å². The highest BCUT2D eigenvalue weighted by molar-refractivity contribution is 7.03. The van der Waals surface area contributed by atoms with Gasteiger partial charge in [0.15, 0.2) is 0 Å². The first-order chi connectivity index (χ1) is 6.98. The summed E-state index contributed by atoms with van der Waals surface area (Å²) in [5.41, 5.74) is 0. The Morgan fingerprint density at radius 3 is 1.80 bits per heavy atom. The number of rotatable bonds is 9. The van der Waals surface area contributed by atoms with Crippen LogP contribution in [0.2, 0.25) is 19.6 Å². The predicted molar refractivity (Wildman–Crippen MR) is 71.0 cm³/mol. The SMILES string of the molecule is CCCCCCCCCC(=O)[Si](C)(C)C. The van der Waals surface area contributed by atoms with E-state index in [0.29, 0.717) is 5.41 Å². The zero-order valence-electron chi connectivity index (χ0n) is 11.1. The molecule has 0 rings (SSSR count). The Kier molecular flexibility index (Phi) is 8.03. The van der Waals surface area contributed by atoms with Gasteiger partial charge < -0.3 is 4.79 Å². The van der Waals surface area contributed by atoms with Crippen LogP contribution in [0.5, 0.6) is 0 Å². The first kappa shape index (κ1) is 14.9. The average Bonchev–Trinajstić information content (AvgIpc) is 2.14. The lowest BCUT2D eigenvalue weighted by molar-refractivity contribution is -0.112. The van der Waals surface area contributed by atoms with Crippen molar-refractivity contribution in [3.8, 4) is 0 Å². The summed E-state index contributed by atoms with van der Waals surface area (Å²) in [6.45, 7) is 8.69. The van der Waals surface area contributed by atoms with Crippen LogP contribution in [-0.2, 0) is 4.79 Å². The molecule has 0 saturated carbocycles. The summed E-state index contributed by atoms with van der Waals surface area (Å²) in [5, 5.41) is 0.552. The molecule has 0 atom stereocenters. The highest BCUT2D eigenvalue weighted by atomic mass is 28.3. The Balaban J connectivity index is 3.28. The predicted octanol–water partition coefficient (Wildman–Crippen LogP) is 4.57. The minimum atomic E-state index is -1.48. The summed E-state index contributed by atoms with van der Waals surface area (Å²) >= 11 is 0. The molecule has 0 aromatic rings. The van der Waals surface area contributed by atoms with Crippen LogP contribution in [0, 0.1) is 0 Å². The standard InChI is InChI=1S/C13H28OSi/c1-5-6-7-8-9-10-11-12-13(14)15(2,3)4/h5-12H2,1-4H3. The summed E-state index contributed by atoms with van der Waals surface area (Å²) in [7, 11) is -1.48. The van der Waals surface area contributed by atoms with E-state index in [9.17, 15) is 4.79 Å². The van der Waals surface area contributed by atoms with Gasteiger partial charge in [-0.15, -0.1) is 0 Å². The molecule has 0 amide bonds. The van der Waals surface area contributed by atoms with Gasteiger partial charge in [0.2, 0.25) is 0 Å². The van der Waals surface area contributed by atoms with Crippen molar-refractivity contribution >= 4 is 13.5 Å². The summed E-state index contributed by atoms with van der Waals surface area (Å²) in [5.74, 6) is 0. The Morgan fingerprint density at radius 1 is 0.867 bits per heavy atom. The van der Waals surface area contributed by atoms with Crippen molar-refractivity contribution in [3.05, 3.63) is 0 Å². The third-order valence-electron chi connectivity index (χ3n) is 2.84. The largest absolute Gasteiger partial charge is 0.305 e. The molecule has 0 saturated heterocycles. The number of hydrogen-bond donors (Lipinski definition) is 0. The van der Waals surface area contributed by atoms with Gasteiger partial charge in [-0.3, -0.25) is 0 Å². The Morgan fingerprint density at radius 2 is 1.33 bits per heavy atom. The lowest BCUT2D eigenvalue weighted by Gasteiger charge is -2.13. The molecule has 0 aromatic carbocycles. The van der Waals surface area contributed by atoms with Gasteiger partial charge in [-0.2, -0.15) is 0 Å². The molecule has 2 heteroatoms. The van der Waals surface area contributed by atoms with Gasteiger partial charge in [0, 0.05) is 6.42 Å². The molecule has 0 radical (unpaired) electrons. The minimum absolute atomic E-state index is 0.552. The number of carbonyl (C=O) groups is 1. The molecule has 0 aliphatic rings. The lowest BCUT2D eigenvalue weighted by atomic mass is 10.1. The fourth-order valence-corrected chi connectivity index (χ4v) is 2.54. The smallest absolute Gasteiger partial charge is 0.123 e. The molecular formula is C13H28OSi. The van der Waals surface area contributed by atoms with Gasteiger partial charge >= 0.3 is 0 Å². The highest BCUT2D eigenvalue weighted by Gasteiger charge is 2.22. The van der Waals surface area contributed by atoms with Crippen LogP contribution in [0.25, 0.3) is 0 Å². The molecule has 0 aromatic heterocycles. The Bertz CT molecular complexity index is 170. The fraction of sp³-hybridized carbons (Fsp3) is 0.923. The van der Waals surface area contributed by atoms with E-state index in [1.54, 1.807) is 0 Å². The second-order valence-electron chi connectivity index (χ2n) is 5.54. The molecule has 90 valence electrons. The van der Waals surface area contributed by atoms with E-state index in [1.165, 1.54) is 38.5 Å². The van der Waals surface area contributed by atoms with Gasteiger partial charge in [0.1, 0.15) is 13.5 Å². The van der Waals surface area contributed by atoms with Crippen LogP contribution in [-0.4, -0.2) is 13.5 Å². The zero-order chi connectivity index (χ0) is 11.7. The minimum Gasteiger partial charge on any atom is -0.305 e. The monoisotopic (exact) mass is 228 g/mol. The molecule has 15 heavy (non-hydrogen) atoms. The molecule has 0 bridgehead atoms. The van der Waals surface area contributed by atoms with E-state index in [4.69, 9.17) is 0 Å². The fourth-order valence-electron chi connectivity index (χ4n) is 1.62. The number of unbranched alkanes of at least 4 members (excludes halogenated alkanes) is 6. The maximum absolute atomic E-state index is 11.7. The maximum Gasteiger partial charge on any atom is 0.123 e. The summed E-state index contributed by atoms with van der Waals surface area (Å²) in [4.78, 5) is 11.7. The molecule has 0 N–H and O–H groups in total. The summed E-state index contributed by atoms with van der Waals surface area (Å²) < 4.78 is 0. The van der Waals surface area contributed by atoms with Crippen molar-refractivity contribution in [1.29, 1.82) is 0 Å². The quantitative estimate of drug-likeness (QED) is 0.417. The first-order valence-electron chi connectivity index (χ1n) is 6.51. The Hall–Kier alpha value is -0.113. The van der Waals surface area contributed by atoms with Gasteiger partial charge in [-0.1, -0.05) is 65.1 Å². The summed E-state index contributed by atoms with van der Waals surface area (Å²) in [6.07, 6.45) is 9.94. The van der Waals surface area contributed by atoms with Crippen LogP contribution in [0.4, 0.5) is 0 Å². The van der Waals surface area contributed by atoms with Crippen molar-refractivity contribution in [2.24, 2.45) is 0 Å². The molecule has 0 heterocycles. The van der Waals surface area contributed by atoms with Crippen molar-refractivity contribution in [1.82, 2.24) is 0 Å². The lowest BCUT2D eigenvalue weighted by Crippen LogP contribution is -2.32. The molecule has 0 fully saturated rings. The van der Waals surface area contributed by atoms with Crippen LogP contribution in [0.1, 0.15) is 58.3 Å². The first-order valence-corrected chi connectivity index (χ1v) is 10.0. The maximum atomic E-state index is 11.7. The van der Waals surface area contributed by atoms with Gasteiger partial charge in [0.25, 0.3) is 0 Å². The highest BCUT2D eigenvalue weighted by Crippen LogP contribution is 2.12. The summed E-state index contributed by atoms with van der Waals surface area (Å²) in [6, 6.07) is 0. The van der Waals surface area contributed by atoms with Crippen LogP contribution < -0.4 is 0 Å². The van der Waals surface area contributed by atoms with Crippen molar-refractivity contribution in [3.63, 3.8) is 0 Å². The van der Waals surface area contributed by atoms with E-state index < -0.39 is 8.07 Å². The van der Waals surface area contributed by atoms with Gasteiger partial charge in [0.05, 0.1) is 0 Å². The van der Waals surface area contributed by atoms with Crippen LogP contribution >= 0.6 is 0 Å². The molecule has 0 aliphatic heterocycles. The van der Waals surface area contributed by atoms with E-state index in [0.717, 1.165) is 12.8 Å². The molecule has 0 spiro atoms. The molecule has 0 aliphatic carbocycles. The molecular weight excluding hydrogens is 200 g/mol. The van der Waals surface area contributed by atoms with Crippen LogP contribution in [0.15, 0.2) is 0 Å². The second-order valence-corrected chi connectivity index (χ2v) is 10.6. The van der Waals surface area contributed by atoms with Gasteiger partial charge in [-0.25, -0.2) is 0 Å². The topological polar surface area (TPSA) is 17.1 Å². The molecule has 0 unspecified atom stereocenters. The number of hydrogen-bond acceptors (Lipinski definition) is 1. The Labute approximate surface area is 96.7 Å². The third kappa shape index (κ3) is 8.85. The van der Waals surface area contributed by atoms with Gasteiger partial charge in [-0.05, 0) is 6.42 Å². The van der Waals surface area contributed by atoms with Crippen molar-refractivity contribution in [2.75, 3.05) is 0 Å². The third-order valence-corrected chi connectivity index (χ3v) is 4.77. The number of carbonyl (C=O) groups excluding carboxylic acids is 1.